The van der Waals surface area contributed by atoms with Gasteiger partial charge >= 0.3 is 5.69 Å². The Bertz CT molecular complexity index is 1520. The summed E-state index contributed by atoms with van der Waals surface area (Å²) in [6, 6.07) is 8.20. The van der Waals surface area contributed by atoms with Gasteiger partial charge in [0.15, 0.2) is 11.6 Å². The number of ether oxygens (including phenoxy) is 2. The summed E-state index contributed by atoms with van der Waals surface area (Å²) in [5, 5.41) is 14.9. The van der Waals surface area contributed by atoms with Gasteiger partial charge in [0, 0.05) is 37.0 Å². The number of benzene rings is 2. The SMILES string of the molecule is CN(C)CCOc1cc2ncnc(Nc3cc(Cl)c(Oc4ccnc(N=CN)c4)cc3F)c2cc1[N+](=O)[O-]. The number of hydrogen-bond acceptors (Lipinski definition) is 10. The highest BCUT2D eigenvalue weighted by Crippen LogP contribution is 2.38. The zero-order valence-corrected chi connectivity index (χ0v) is 21.0. The van der Waals surface area contributed by atoms with Gasteiger partial charge in [-0.3, -0.25) is 10.1 Å². The fourth-order valence-electron chi connectivity index (χ4n) is 3.34. The Morgan fingerprint density at radius 3 is 2.76 bits per heavy atom. The molecule has 0 amide bonds. The summed E-state index contributed by atoms with van der Waals surface area (Å²) in [4.78, 5) is 29.2. The molecule has 0 aliphatic rings. The molecular formula is C24H22ClFN8O4. The maximum atomic E-state index is 15.1. The normalized spacial score (nSPS) is 11.3. The molecule has 4 rings (SSSR count). The molecule has 0 fully saturated rings. The minimum atomic E-state index is -0.705. The number of pyridine rings is 1. The van der Waals surface area contributed by atoms with Crippen LogP contribution in [0.25, 0.3) is 10.9 Å². The number of anilines is 2. The quantitative estimate of drug-likeness (QED) is 0.124. The van der Waals surface area contributed by atoms with Crippen molar-refractivity contribution in [2.75, 3.05) is 32.6 Å². The van der Waals surface area contributed by atoms with E-state index in [4.69, 9.17) is 26.8 Å². The van der Waals surface area contributed by atoms with Crippen LogP contribution in [0.2, 0.25) is 5.02 Å². The standard InChI is InChI=1S/C24H22ClFN8O4/c1-33(2)5-6-37-22-11-18-15(8-20(22)34(35)36)24(31-13-30-18)32-19-9-16(25)21(10-17(19)26)38-14-3-4-28-23(7-14)29-12-27/h3-4,7-13H,5-6H2,1-2H3,(H2,27,28,29)(H,30,31,32). The Morgan fingerprint density at radius 2 is 2.03 bits per heavy atom. The molecule has 0 spiro atoms. The molecule has 2 aromatic heterocycles. The number of nitro benzene ring substituents is 1. The number of halogens is 2. The van der Waals surface area contributed by atoms with Crippen LogP contribution in [-0.2, 0) is 0 Å². The highest BCUT2D eigenvalue weighted by atomic mass is 35.5. The van der Waals surface area contributed by atoms with Crippen LogP contribution in [0.4, 0.5) is 27.4 Å². The van der Waals surface area contributed by atoms with Gasteiger partial charge in [0.1, 0.15) is 36.1 Å². The third-order valence-electron chi connectivity index (χ3n) is 5.14. The number of aromatic nitrogens is 3. The lowest BCUT2D eigenvalue weighted by molar-refractivity contribution is -0.385. The second kappa shape index (κ2) is 11.6. The Morgan fingerprint density at radius 1 is 1.21 bits per heavy atom. The molecule has 196 valence electrons. The van der Waals surface area contributed by atoms with Gasteiger partial charge in [0.2, 0.25) is 0 Å². The molecule has 0 unspecified atom stereocenters. The van der Waals surface area contributed by atoms with Gasteiger partial charge in [-0.15, -0.1) is 0 Å². The highest BCUT2D eigenvalue weighted by molar-refractivity contribution is 6.32. The van der Waals surface area contributed by atoms with Crippen molar-refractivity contribution >= 4 is 51.9 Å². The van der Waals surface area contributed by atoms with E-state index in [0.717, 1.165) is 12.4 Å². The molecule has 0 aliphatic heterocycles. The lowest BCUT2D eigenvalue weighted by atomic mass is 10.2. The first-order chi connectivity index (χ1) is 18.2. The van der Waals surface area contributed by atoms with E-state index in [1.54, 1.807) is 6.07 Å². The number of nitrogens with one attached hydrogen (secondary N) is 1. The molecule has 2 heterocycles. The van der Waals surface area contributed by atoms with E-state index in [9.17, 15) is 10.1 Å². The molecule has 0 radical (unpaired) electrons. The summed E-state index contributed by atoms with van der Waals surface area (Å²) in [5.74, 6) is 0.173. The van der Waals surface area contributed by atoms with Crippen molar-refractivity contribution < 1.29 is 18.8 Å². The number of aliphatic imine (C=N–C) groups is 1. The average Bonchev–Trinajstić information content (AvgIpc) is 2.87. The largest absolute Gasteiger partial charge is 0.485 e. The lowest BCUT2D eigenvalue weighted by Crippen LogP contribution is -2.19. The molecule has 2 aromatic carbocycles. The van der Waals surface area contributed by atoms with E-state index >= 15 is 4.39 Å². The molecule has 0 bridgehead atoms. The number of hydrogen-bond donors (Lipinski definition) is 2. The second-order valence-electron chi connectivity index (χ2n) is 8.09. The molecule has 0 saturated heterocycles. The van der Waals surface area contributed by atoms with Crippen molar-refractivity contribution in [3.8, 4) is 17.2 Å². The predicted molar refractivity (Wildman–Crippen MR) is 142 cm³/mol. The molecular weight excluding hydrogens is 519 g/mol. The van der Waals surface area contributed by atoms with Crippen molar-refractivity contribution in [3.05, 3.63) is 69.9 Å². The number of rotatable bonds is 10. The summed E-state index contributed by atoms with van der Waals surface area (Å²) in [5.41, 5.74) is 5.35. The second-order valence-corrected chi connectivity index (χ2v) is 8.49. The lowest BCUT2D eigenvalue weighted by Gasteiger charge is -2.14. The zero-order valence-electron chi connectivity index (χ0n) is 20.3. The van der Waals surface area contributed by atoms with Crippen LogP contribution in [-0.4, -0.2) is 58.4 Å². The number of fused-ring (bicyclic) bond motifs is 1. The van der Waals surface area contributed by atoms with E-state index in [1.807, 2.05) is 19.0 Å². The van der Waals surface area contributed by atoms with Gasteiger partial charge in [0.25, 0.3) is 0 Å². The van der Waals surface area contributed by atoms with Gasteiger partial charge in [-0.1, -0.05) is 11.6 Å². The number of nitrogens with zero attached hydrogens (tertiary/aromatic N) is 6. The van der Waals surface area contributed by atoms with Crippen molar-refractivity contribution in [2.24, 2.45) is 10.7 Å². The maximum absolute atomic E-state index is 15.1. The van der Waals surface area contributed by atoms with Crippen molar-refractivity contribution in [1.82, 2.24) is 19.9 Å². The summed E-state index contributed by atoms with van der Waals surface area (Å²) < 4.78 is 26.4. The first-order valence-electron chi connectivity index (χ1n) is 11.1. The third kappa shape index (κ3) is 6.19. The summed E-state index contributed by atoms with van der Waals surface area (Å²) in [6.45, 7) is 0.810. The zero-order chi connectivity index (χ0) is 27.2. The molecule has 38 heavy (non-hydrogen) atoms. The first-order valence-corrected chi connectivity index (χ1v) is 11.5. The summed E-state index contributed by atoms with van der Waals surface area (Å²) >= 11 is 6.36. The molecule has 12 nitrogen and oxygen atoms in total. The minimum Gasteiger partial charge on any atom is -0.485 e. The first kappa shape index (κ1) is 26.4. The Hall–Kier alpha value is -4.62. The number of nitro groups is 1. The fraction of sp³-hybridized carbons (Fsp3) is 0.167. The van der Waals surface area contributed by atoms with Gasteiger partial charge in [-0.2, -0.15) is 0 Å². The third-order valence-corrected chi connectivity index (χ3v) is 5.43. The Labute approximate surface area is 221 Å². The van der Waals surface area contributed by atoms with Gasteiger partial charge in [-0.05, 0) is 26.2 Å². The maximum Gasteiger partial charge on any atom is 0.311 e. The monoisotopic (exact) mass is 540 g/mol. The van der Waals surface area contributed by atoms with Crippen LogP contribution in [0.3, 0.4) is 0 Å². The molecule has 0 aliphatic carbocycles. The van der Waals surface area contributed by atoms with Crippen LogP contribution in [0, 0.1) is 15.9 Å². The van der Waals surface area contributed by atoms with Gasteiger partial charge in [-0.25, -0.2) is 24.3 Å². The van der Waals surface area contributed by atoms with Crippen LogP contribution in [0.1, 0.15) is 0 Å². The van der Waals surface area contributed by atoms with Gasteiger partial charge in [0.05, 0.1) is 32.9 Å². The predicted octanol–water partition coefficient (Wildman–Crippen LogP) is 4.82. The van der Waals surface area contributed by atoms with E-state index in [-0.39, 0.29) is 40.3 Å². The van der Waals surface area contributed by atoms with Crippen LogP contribution in [0.15, 0.2) is 53.9 Å². The Balaban J connectivity index is 1.63. The minimum absolute atomic E-state index is 0.0283. The van der Waals surface area contributed by atoms with E-state index in [2.05, 4.69) is 25.3 Å². The van der Waals surface area contributed by atoms with E-state index in [0.29, 0.717) is 29.0 Å². The fourth-order valence-corrected chi connectivity index (χ4v) is 3.54. The molecule has 14 heteroatoms. The van der Waals surface area contributed by atoms with Crippen LogP contribution in [0.5, 0.6) is 17.2 Å². The topological polar surface area (TPSA) is 154 Å². The number of nitrogens with two attached hydrogens (primary N) is 1. The Kier molecular flexibility index (Phi) is 8.09. The van der Waals surface area contributed by atoms with Crippen molar-refractivity contribution in [1.29, 1.82) is 0 Å². The molecule has 0 saturated carbocycles. The van der Waals surface area contributed by atoms with Crippen LogP contribution >= 0.6 is 11.6 Å². The summed E-state index contributed by atoms with van der Waals surface area (Å²) in [7, 11) is 3.72. The summed E-state index contributed by atoms with van der Waals surface area (Å²) in [6.07, 6.45) is 3.79. The van der Waals surface area contributed by atoms with E-state index < -0.39 is 10.7 Å². The van der Waals surface area contributed by atoms with Crippen molar-refractivity contribution in [2.45, 2.75) is 0 Å². The van der Waals surface area contributed by atoms with Crippen molar-refractivity contribution in [3.63, 3.8) is 0 Å². The molecule has 4 aromatic rings. The molecule has 0 atom stereocenters. The van der Waals surface area contributed by atoms with Crippen LogP contribution < -0.4 is 20.5 Å². The smallest absolute Gasteiger partial charge is 0.311 e. The highest BCUT2D eigenvalue weighted by Gasteiger charge is 2.20. The number of likely N-dealkylation sites (N-methyl/N-ethyl adjacent to an activating group) is 1. The average molecular weight is 541 g/mol. The van der Waals surface area contributed by atoms with E-state index in [1.165, 1.54) is 36.8 Å². The molecule has 3 N–H and O–H groups in total. The van der Waals surface area contributed by atoms with Gasteiger partial charge < -0.3 is 25.4 Å².